The normalized spacial score (nSPS) is 17.3. The number of nitrogens with zero attached hydrogens (tertiary/aromatic N) is 2. The van der Waals surface area contributed by atoms with Crippen molar-refractivity contribution in [1.82, 2.24) is 15.1 Å². The van der Waals surface area contributed by atoms with Gasteiger partial charge in [-0.3, -0.25) is 9.59 Å². The van der Waals surface area contributed by atoms with Crippen LogP contribution in [0.25, 0.3) is 0 Å². The molecule has 114 valence electrons. The van der Waals surface area contributed by atoms with Crippen molar-refractivity contribution in [2.75, 3.05) is 33.7 Å². The summed E-state index contributed by atoms with van der Waals surface area (Å²) in [5, 5.41) is 3.26. The Morgan fingerprint density at radius 1 is 1.19 bits per heavy atom. The highest BCUT2D eigenvalue weighted by Crippen LogP contribution is 2.21. The molecule has 5 heteroatoms. The number of carbonyl (C=O) groups excluding carboxylic acids is 2. The summed E-state index contributed by atoms with van der Waals surface area (Å²) in [7, 11) is 3.55. The van der Waals surface area contributed by atoms with E-state index in [1.807, 2.05) is 7.05 Å². The number of hydrogen-bond donors (Lipinski definition) is 1. The number of benzene rings is 1. The average molecular weight is 289 g/mol. The number of amides is 2. The van der Waals surface area contributed by atoms with Crippen LogP contribution in [-0.2, 0) is 9.59 Å². The molecule has 1 N–H and O–H groups in total. The zero-order chi connectivity index (χ0) is 15.6. The van der Waals surface area contributed by atoms with Crippen LogP contribution < -0.4 is 5.32 Å². The minimum absolute atomic E-state index is 0.0325. The van der Waals surface area contributed by atoms with Gasteiger partial charge in [0.05, 0.1) is 0 Å². The first-order valence-electron chi connectivity index (χ1n) is 7.22. The van der Waals surface area contributed by atoms with Crippen molar-refractivity contribution < 1.29 is 9.59 Å². The van der Waals surface area contributed by atoms with E-state index in [-0.39, 0.29) is 6.04 Å². The Kier molecular flexibility index (Phi) is 4.63. The Hall–Kier alpha value is -1.88. The van der Waals surface area contributed by atoms with Gasteiger partial charge in [0.15, 0.2) is 0 Å². The van der Waals surface area contributed by atoms with Gasteiger partial charge in [0.1, 0.15) is 0 Å². The average Bonchev–Trinajstić information content (AvgIpc) is 2.47. The van der Waals surface area contributed by atoms with Crippen LogP contribution in [0.2, 0.25) is 0 Å². The first kappa shape index (κ1) is 15.5. The van der Waals surface area contributed by atoms with Gasteiger partial charge in [0, 0.05) is 32.7 Å². The lowest BCUT2D eigenvalue weighted by Crippen LogP contribution is -2.54. The molecule has 0 bridgehead atoms. The Morgan fingerprint density at radius 2 is 1.90 bits per heavy atom. The van der Waals surface area contributed by atoms with Gasteiger partial charge in [-0.2, -0.15) is 0 Å². The lowest BCUT2D eigenvalue weighted by Gasteiger charge is -2.34. The van der Waals surface area contributed by atoms with E-state index in [0.29, 0.717) is 19.6 Å². The number of nitrogens with one attached hydrogen (secondary N) is 1. The van der Waals surface area contributed by atoms with E-state index in [2.05, 4.69) is 37.4 Å². The molecule has 1 unspecified atom stereocenters. The topological polar surface area (TPSA) is 52.6 Å². The molecule has 0 aromatic heterocycles. The summed E-state index contributed by atoms with van der Waals surface area (Å²) in [6.45, 7) is 5.81. The molecule has 0 radical (unpaired) electrons. The van der Waals surface area contributed by atoms with E-state index in [1.165, 1.54) is 21.6 Å². The molecule has 2 rings (SSSR count). The summed E-state index contributed by atoms with van der Waals surface area (Å²) in [5.74, 6) is -0.827. The highest BCUT2D eigenvalue weighted by Gasteiger charge is 2.31. The zero-order valence-corrected chi connectivity index (χ0v) is 13.1. The number of rotatable bonds is 4. The Bertz CT molecular complexity index is 556. The molecule has 5 nitrogen and oxygen atoms in total. The lowest BCUT2D eigenvalue weighted by atomic mass is 9.98. The number of aryl methyl sites for hydroxylation is 2. The van der Waals surface area contributed by atoms with Gasteiger partial charge >= 0.3 is 11.8 Å². The second-order valence-electron chi connectivity index (χ2n) is 5.68. The van der Waals surface area contributed by atoms with Crippen LogP contribution in [0.4, 0.5) is 0 Å². The maximum Gasteiger partial charge on any atom is 0.312 e. The number of carbonyl (C=O) groups is 2. The molecule has 1 aromatic rings. The van der Waals surface area contributed by atoms with Crippen molar-refractivity contribution in [2.24, 2.45) is 0 Å². The molecule has 0 saturated carbocycles. The molecule has 1 fully saturated rings. The van der Waals surface area contributed by atoms with Gasteiger partial charge in [-0.25, -0.2) is 0 Å². The van der Waals surface area contributed by atoms with Crippen LogP contribution >= 0.6 is 0 Å². The van der Waals surface area contributed by atoms with Crippen molar-refractivity contribution in [2.45, 2.75) is 19.9 Å². The third-order valence-corrected chi connectivity index (χ3v) is 4.08. The van der Waals surface area contributed by atoms with Gasteiger partial charge in [0.2, 0.25) is 0 Å². The molecule has 1 aromatic carbocycles. The van der Waals surface area contributed by atoms with E-state index in [4.69, 9.17) is 0 Å². The predicted molar refractivity (Wildman–Crippen MR) is 81.9 cm³/mol. The molecular weight excluding hydrogens is 266 g/mol. The molecule has 2 amide bonds. The summed E-state index contributed by atoms with van der Waals surface area (Å²) in [6, 6.07) is 6.34. The van der Waals surface area contributed by atoms with Crippen molar-refractivity contribution in [3.8, 4) is 0 Å². The summed E-state index contributed by atoms with van der Waals surface area (Å²) < 4.78 is 0. The standard InChI is InChI=1S/C16H23N3O2/c1-11-5-6-12(2)13(9-11)14(17-3)10-19-8-7-18(4)15(20)16(19)21/h5-6,9,14,17H,7-8,10H2,1-4H3. The number of piperazine rings is 1. The minimum atomic E-state index is -0.419. The highest BCUT2D eigenvalue weighted by atomic mass is 16.2. The van der Waals surface area contributed by atoms with Gasteiger partial charge in [0.25, 0.3) is 0 Å². The highest BCUT2D eigenvalue weighted by molar-refractivity contribution is 6.35. The Labute approximate surface area is 125 Å². The van der Waals surface area contributed by atoms with E-state index < -0.39 is 11.8 Å². The van der Waals surface area contributed by atoms with Crippen molar-refractivity contribution in [1.29, 1.82) is 0 Å². The maximum atomic E-state index is 12.1. The molecule has 1 aliphatic rings. The molecule has 0 aliphatic carbocycles. The summed E-state index contributed by atoms with van der Waals surface area (Å²) in [6.07, 6.45) is 0. The summed E-state index contributed by atoms with van der Waals surface area (Å²) in [4.78, 5) is 27.0. The second-order valence-corrected chi connectivity index (χ2v) is 5.68. The van der Waals surface area contributed by atoms with Crippen molar-refractivity contribution in [3.05, 3.63) is 34.9 Å². The van der Waals surface area contributed by atoms with Gasteiger partial charge in [-0.1, -0.05) is 23.8 Å². The number of likely N-dealkylation sites (N-methyl/N-ethyl adjacent to an activating group) is 2. The van der Waals surface area contributed by atoms with Crippen molar-refractivity contribution >= 4 is 11.8 Å². The summed E-state index contributed by atoms with van der Waals surface area (Å²) >= 11 is 0. The molecule has 1 saturated heterocycles. The van der Waals surface area contributed by atoms with Gasteiger partial charge in [-0.05, 0) is 32.0 Å². The lowest BCUT2D eigenvalue weighted by molar-refractivity contribution is -0.155. The van der Waals surface area contributed by atoms with E-state index >= 15 is 0 Å². The minimum Gasteiger partial charge on any atom is -0.336 e. The fourth-order valence-corrected chi connectivity index (χ4v) is 2.65. The van der Waals surface area contributed by atoms with Crippen LogP contribution in [0.5, 0.6) is 0 Å². The van der Waals surface area contributed by atoms with Crippen LogP contribution in [0.15, 0.2) is 18.2 Å². The Balaban J connectivity index is 2.18. The van der Waals surface area contributed by atoms with Crippen LogP contribution in [0.1, 0.15) is 22.7 Å². The van der Waals surface area contributed by atoms with Crippen LogP contribution in [0.3, 0.4) is 0 Å². The van der Waals surface area contributed by atoms with E-state index in [0.717, 1.165) is 0 Å². The molecule has 1 atom stereocenters. The fourth-order valence-electron chi connectivity index (χ4n) is 2.65. The largest absolute Gasteiger partial charge is 0.336 e. The van der Waals surface area contributed by atoms with Crippen LogP contribution in [0, 0.1) is 13.8 Å². The third-order valence-electron chi connectivity index (χ3n) is 4.08. The maximum absolute atomic E-state index is 12.1. The smallest absolute Gasteiger partial charge is 0.312 e. The fraction of sp³-hybridized carbons (Fsp3) is 0.500. The third kappa shape index (κ3) is 3.24. The molecular formula is C16H23N3O2. The van der Waals surface area contributed by atoms with Gasteiger partial charge in [-0.15, -0.1) is 0 Å². The first-order valence-corrected chi connectivity index (χ1v) is 7.22. The first-order chi connectivity index (χ1) is 9.93. The molecule has 21 heavy (non-hydrogen) atoms. The second kappa shape index (κ2) is 6.26. The predicted octanol–water partition coefficient (Wildman–Crippen LogP) is 0.865. The summed E-state index contributed by atoms with van der Waals surface area (Å²) in [5.41, 5.74) is 3.56. The quantitative estimate of drug-likeness (QED) is 0.837. The van der Waals surface area contributed by atoms with Crippen LogP contribution in [-0.4, -0.2) is 55.3 Å². The monoisotopic (exact) mass is 289 g/mol. The van der Waals surface area contributed by atoms with Gasteiger partial charge < -0.3 is 15.1 Å². The van der Waals surface area contributed by atoms with E-state index in [9.17, 15) is 9.59 Å². The SMILES string of the molecule is CNC(CN1CCN(C)C(=O)C1=O)c1cc(C)ccc1C. The molecule has 1 heterocycles. The zero-order valence-electron chi connectivity index (χ0n) is 13.1. The van der Waals surface area contributed by atoms with Crippen molar-refractivity contribution in [3.63, 3.8) is 0 Å². The molecule has 1 aliphatic heterocycles. The molecule has 0 spiro atoms. The number of hydrogen-bond acceptors (Lipinski definition) is 3. The Morgan fingerprint density at radius 3 is 2.57 bits per heavy atom. The van der Waals surface area contributed by atoms with E-state index in [1.54, 1.807) is 11.9 Å².